The molecule has 0 rings (SSSR count). The minimum absolute atomic E-state index is 0.0625. The van der Waals surface area contributed by atoms with Crippen LogP contribution in [0.25, 0.3) is 0 Å². The van der Waals surface area contributed by atoms with E-state index in [0.29, 0.717) is 25.7 Å². The fourth-order valence-electron chi connectivity index (χ4n) is 15.2. The Balaban J connectivity index is 5.50. The summed E-state index contributed by atoms with van der Waals surface area (Å²) >= 11 is 0. The molecule has 0 spiro atoms. The number of hydrogen-bond donors (Lipinski definition) is 2. The Kier molecular flexibility index (Phi) is 85.9. The minimum atomic E-state index is -5.15. The lowest BCUT2D eigenvalue weighted by molar-refractivity contribution is -0.308. The van der Waals surface area contributed by atoms with Gasteiger partial charge in [0.25, 0.3) is 15.6 Å². The van der Waals surface area contributed by atoms with Gasteiger partial charge in [-0.2, -0.15) is 0 Å². The molecule has 0 heterocycles. The SMILES string of the molecule is CCCCCCCCCCCCCCCCCC(=O)OC[C@H](COP(=O)([O-])OCCNC(=O)CN(CCN(CCN(CC(=O)[O-])CC(=O)NCCOP(=O)([O-])OC[C@@H](COC(=O)CCCCCCCCCCCCCCCCC)OC(=O)CCCCCCCCCCCCCCCCC)CC(=O)[O-])CC(=O)[O-])OC(=O)CCCCCCCCCCCCCCCCC. The van der Waals surface area contributed by atoms with Gasteiger partial charge in [-0.3, -0.25) is 52.6 Å². The number of hydrogen-bond acceptors (Lipinski definition) is 27. The van der Waals surface area contributed by atoms with Crippen molar-refractivity contribution in [1.82, 2.24) is 25.3 Å². The number of esters is 4. The molecule has 0 fully saturated rings. The molecule has 0 aliphatic heterocycles. The van der Waals surface area contributed by atoms with E-state index in [1.54, 1.807) is 0 Å². The number of amides is 2. The molecule has 2 N–H and O–H groups in total. The van der Waals surface area contributed by atoms with Crippen molar-refractivity contribution >= 4 is 69.2 Å². The number of nitrogens with one attached hydrogen (secondary N) is 2. The van der Waals surface area contributed by atoms with Crippen LogP contribution in [0.1, 0.15) is 439 Å². The summed E-state index contributed by atoms with van der Waals surface area (Å²) in [6.07, 6.45) is 67.2. The molecule has 746 valence electrons. The predicted molar refractivity (Wildman–Crippen MR) is 489 cm³/mol. The van der Waals surface area contributed by atoms with E-state index in [4.69, 9.17) is 37.0 Å². The van der Waals surface area contributed by atoms with Crippen LogP contribution < -0.4 is 35.7 Å². The van der Waals surface area contributed by atoms with Gasteiger partial charge in [0.2, 0.25) is 11.8 Å². The van der Waals surface area contributed by atoms with Crippen LogP contribution in [0, 0.1) is 0 Å². The molecule has 0 aromatic rings. The maximum atomic E-state index is 13.1. The Labute approximate surface area is 767 Å². The van der Waals surface area contributed by atoms with E-state index in [1.165, 1.54) is 262 Å². The number of carboxylic acids is 3. The largest absolute Gasteiger partial charge is 0.756 e. The highest BCUT2D eigenvalue weighted by Gasteiger charge is 2.25. The van der Waals surface area contributed by atoms with Gasteiger partial charge < -0.3 is 87.2 Å². The van der Waals surface area contributed by atoms with Gasteiger partial charge in [0, 0.05) is 84.6 Å². The second kappa shape index (κ2) is 89.2. The standard InChI is InChI=1S/C96H183N5O24P2/c1-5-9-13-17-21-25-29-33-37-41-45-49-53-57-61-65-93(110)118-82-86(124-95(112)67-63-59-55-51-47-43-39-35-31-27-23-19-15-11-7-3)84-122-126(114,115)120-75-69-97-88(102)77-100(80-91(106)107)73-71-99(79-90(104)105)72-74-101(81-92(108)109)78-89(103)98-70-76-121-127(116,117)123-85-87(125-96(113)68-64-60-56-52-48-44-40-36-32-28-24-20-16-12-8-4)83-119-94(111)66-62-58-54-50-46-42-38-34-30-26-22-18-14-10-6-2/h86-87H,5-85H2,1-4H3,(H,97,102)(H,98,103)(H,104,105)(H,106,107)(H,108,109)(H,114,115)(H,116,117)/p-5/t86-,87-/m1/s1. The lowest BCUT2D eigenvalue weighted by Crippen LogP contribution is -2.50. The first kappa shape index (κ1) is 122. The minimum Gasteiger partial charge on any atom is -0.756 e. The molecule has 2 amide bonds. The van der Waals surface area contributed by atoms with E-state index in [1.807, 2.05) is 0 Å². The molecule has 0 saturated heterocycles. The fourth-order valence-corrected chi connectivity index (χ4v) is 16.7. The topological polar surface area (TPSA) is 411 Å². The zero-order chi connectivity index (χ0) is 93.4. The summed E-state index contributed by atoms with van der Waals surface area (Å²) in [5.41, 5.74) is 0. The third-order valence-electron chi connectivity index (χ3n) is 22.8. The Hall–Kier alpha value is -4.67. The van der Waals surface area contributed by atoms with Gasteiger partial charge in [-0.15, -0.1) is 0 Å². The number of ether oxygens (including phenoxy) is 4. The quantitative estimate of drug-likeness (QED) is 0.0247. The van der Waals surface area contributed by atoms with Crippen molar-refractivity contribution in [2.75, 3.05) is 112 Å². The highest BCUT2D eigenvalue weighted by Crippen LogP contribution is 2.39. The fraction of sp³-hybridized carbons (Fsp3) is 0.906. The molecule has 29 nitrogen and oxygen atoms in total. The molecule has 127 heavy (non-hydrogen) atoms. The number of nitrogens with zero attached hydrogens (tertiary/aromatic N) is 3. The van der Waals surface area contributed by atoms with Crippen molar-refractivity contribution in [2.24, 2.45) is 0 Å². The summed E-state index contributed by atoms with van der Waals surface area (Å²) in [5.74, 6) is -8.71. The predicted octanol–water partition coefficient (Wildman–Crippen LogP) is 16.3. The average Bonchev–Trinajstić information content (AvgIpc) is 0.954. The number of carbonyl (C=O) groups excluding carboxylic acids is 9. The van der Waals surface area contributed by atoms with Gasteiger partial charge in [-0.1, -0.05) is 387 Å². The molecule has 0 bridgehead atoms. The molecule has 0 aromatic carbocycles. The Morgan fingerprint density at radius 1 is 0.260 bits per heavy atom. The number of carbonyl (C=O) groups is 9. The van der Waals surface area contributed by atoms with Gasteiger partial charge in [0.05, 0.1) is 57.4 Å². The molecular weight excluding hydrogens is 1670 g/mol. The smallest absolute Gasteiger partial charge is 0.306 e. The Morgan fingerprint density at radius 2 is 0.457 bits per heavy atom. The second-order valence-electron chi connectivity index (χ2n) is 35.1. The van der Waals surface area contributed by atoms with Crippen molar-refractivity contribution in [2.45, 2.75) is 451 Å². The van der Waals surface area contributed by atoms with E-state index in [9.17, 15) is 77.4 Å². The number of aliphatic carboxylic acids is 3. The average molecular weight is 1850 g/mol. The molecule has 0 aromatic heterocycles. The van der Waals surface area contributed by atoms with E-state index in [2.05, 4.69) is 38.3 Å². The number of rotatable bonds is 100. The number of unbranched alkanes of at least 4 members (excludes halogenated alkanes) is 56. The first-order valence-corrected chi connectivity index (χ1v) is 53.5. The number of phosphoric acid groups is 2. The lowest BCUT2D eigenvalue weighted by Gasteiger charge is -2.30. The summed E-state index contributed by atoms with van der Waals surface area (Å²) in [5, 5.41) is 40.5. The zero-order valence-corrected chi connectivity index (χ0v) is 81.8. The lowest BCUT2D eigenvalue weighted by atomic mass is 10.0. The van der Waals surface area contributed by atoms with E-state index in [0.717, 1.165) is 113 Å². The van der Waals surface area contributed by atoms with Crippen LogP contribution in [0.15, 0.2) is 0 Å². The molecule has 4 atom stereocenters. The molecule has 0 aliphatic carbocycles. The molecule has 2 unspecified atom stereocenters. The van der Waals surface area contributed by atoms with Crippen molar-refractivity contribution in [1.29, 1.82) is 0 Å². The molecular formula is C96H178N5O24P2-5. The van der Waals surface area contributed by atoms with Crippen molar-refractivity contribution in [3.8, 4) is 0 Å². The van der Waals surface area contributed by atoms with Crippen LogP contribution in [0.4, 0.5) is 0 Å². The number of carboxylic acid groups (broad SMARTS) is 3. The number of phosphoric ester groups is 2. The van der Waals surface area contributed by atoms with Crippen LogP contribution in [-0.2, 0) is 89.3 Å². The van der Waals surface area contributed by atoms with Crippen molar-refractivity contribution in [3.63, 3.8) is 0 Å². The third-order valence-corrected chi connectivity index (χ3v) is 24.8. The third kappa shape index (κ3) is 89.0. The van der Waals surface area contributed by atoms with Crippen molar-refractivity contribution < 1.29 is 114 Å². The summed E-state index contributed by atoms with van der Waals surface area (Å²) in [6.45, 7) is -0.399. The normalized spacial score (nSPS) is 13.0. The van der Waals surface area contributed by atoms with Crippen LogP contribution >= 0.6 is 15.6 Å². The summed E-state index contributed by atoms with van der Waals surface area (Å²) < 4.78 is 68.2. The van der Waals surface area contributed by atoms with Crippen LogP contribution in [0.2, 0.25) is 0 Å². The van der Waals surface area contributed by atoms with E-state index in [-0.39, 0.29) is 51.9 Å². The molecule has 0 saturated carbocycles. The maximum Gasteiger partial charge on any atom is 0.306 e. The van der Waals surface area contributed by atoms with E-state index >= 15 is 0 Å². The van der Waals surface area contributed by atoms with E-state index < -0.39 is 167 Å². The van der Waals surface area contributed by atoms with Gasteiger partial charge in [-0.25, -0.2) is 0 Å². The second-order valence-corrected chi connectivity index (χ2v) is 37.9. The molecule has 31 heteroatoms. The first-order valence-electron chi connectivity index (χ1n) is 50.6. The summed E-state index contributed by atoms with van der Waals surface area (Å²) in [7, 11) is -10.3. The summed E-state index contributed by atoms with van der Waals surface area (Å²) in [6, 6.07) is 0. The van der Waals surface area contributed by atoms with Crippen LogP contribution in [0.3, 0.4) is 0 Å². The van der Waals surface area contributed by atoms with Crippen LogP contribution in [0.5, 0.6) is 0 Å². The van der Waals surface area contributed by atoms with Crippen molar-refractivity contribution in [3.05, 3.63) is 0 Å². The zero-order valence-electron chi connectivity index (χ0n) is 80.0. The highest BCUT2D eigenvalue weighted by atomic mass is 31.2. The Morgan fingerprint density at radius 3 is 0.677 bits per heavy atom. The summed E-state index contributed by atoms with van der Waals surface area (Å²) in [4.78, 5) is 143. The molecule has 0 aliphatic rings. The first-order chi connectivity index (χ1) is 61.4. The van der Waals surface area contributed by atoms with Crippen LogP contribution in [-0.4, -0.2) is 192 Å². The van der Waals surface area contributed by atoms with Gasteiger partial charge in [0.15, 0.2) is 12.2 Å². The van der Waals surface area contributed by atoms with Gasteiger partial charge in [0.1, 0.15) is 13.2 Å². The molecule has 0 radical (unpaired) electrons. The highest BCUT2D eigenvalue weighted by molar-refractivity contribution is 7.46. The monoisotopic (exact) mass is 1850 g/mol. The maximum absolute atomic E-state index is 13.1. The van der Waals surface area contributed by atoms with Gasteiger partial charge >= 0.3 is 23.9 Å². The Bertz CT molecular complexity index is 2610. The van der Waals surface area contributed by atoms with Gasteiger partial charge in [-0.05, 0) is 25.7 Å².